The molecule has 1 nitrogen and oxygen atoms in total. The fraction of sp³-hybridized carbons (Fsp3) is 0.333. The molecule has 1 unspecified atom stereocenters. The molecule has 1 aromatic carbocycles. The van der Waals surface area contributed by atoms with E-state index in [0.717, 1.165) is 28.4 Å². The second kappa shape index (κ2) is 4.34. The number of rotatable bonds is 2. The lowest BCUT2D eigenvalue weighted by atomic mass is 10.1. The van der Waals surface area contributed by atoms with Crippen molar-refractivity contribution >= 4 is 15.9 Å². The lowest BCUT2D eigenvalue weighted by molar-refractivity contribution is 0.568. The summed E-state index contributed by atoms with van der Waals surface area (Å²) in [7, 11) is 0. The number of halogens is 2. The van der Waals surface area contributed by atoms with Crippen molar-refractivity contribution in [3.63, 3.8) is 0 Å². The largest absolute Gasteiger partial charge is 0.299 e. The topological polar surface area (TPSA) is 12.0 Å². The lowest BCUT2D eigenvalue weighted by Gasteiger charge is -2.12. The van der Waals surface area contributed by atoms with Gasteiger partial charge in [-0.1, -0.05) is 21.9 Å². The van der Waals surface area contributed by atoms with Crippen LogP contribution in [0, 0.1) is 18.2 Å². The van der Waals surface area contributed by atoms with Crippen LogP contribution in [0.3, 0.4) is 0 Å². The van der Waals surface area contributed by atoms with Crippen molar-refractivity contribution in [2.75, 3.05) is 6.54 Å². The molecule has 1 aromatic rings. The summed E-state index contributed by atoms with van der Waals surface area (Å²) in [5.74, 6) is 2.42. The van der Waals surface area contributed by atoms with E-state index in [1.54, 1.807) is 0 Å². The molecule has 0 aliphatic heterocycles. The number of hydrogen-bond donors (Lipinski definition) is 1. The Labute approximate surface area is 97.2 Å². The van der Waals surface area contributed by atoms with Crippen LogP contribution < -0.4 is 5.32 Å². The first-order valence-corrected chi connectivity index (χ1v) is 5.66. The summed E-state index contributed by atoms with van der Waals surface area (Å²) >= 11 is 3.30. The molecule has 0 aromatic heterocycles. The van der Waals surface area contributed by atoms with Gasteiger partial charge in [0, 0.05) is 10.5 Å². The average molecular weight is 268 g/mol. The van der Waals surface area contributed by atoms with Crippen molar-refractivity contribution in [2.45, 2.75) is 18.9 Å². The second-order valence-electron chi connectivity index (χ2n) is 3.63. The molecule has 1 atom stereocenters. The maximum Gasteiger partial charge on any atom is 0.127 e. The molecule has 1 N–H and O–H groups in total. The quantitative estimate of drug-likeness (QED) is 0.813. The van der Waals surface area contributed by atoms with Crippen LogP contribution in [0.15, 0.2) is 16.6 Å². The van der Waals surface area contributed by atoms with Gasteiger partial charge in [-0.25, -0.2) is 4.39 Å². The number of nitrogens with one attached hydrogen (secondary N) is 1. The van der Waals surface area contributed by atoms with E-state index in [0.29, 0.717) is 6.54 Å². The molecule has 78 valence electrons. The molecule has 3 heteroatoms. The van der Waals surface area contributed by atoms with Crippen LogP contribution in [0.1, 0.15) is 23.6 Å². The highest BCUT2D eigenvalue weighted by atomic mass is 79.9. The molecular formula is C12H11BrFN. The number of terminal acetylenes is 1. The summed E-state index contributed by atoms with van der Waals surface area (Å²) < 4.78 is 14.3. The Hall–Kier alpha value is -0.850. The predicted molar refractivity (Wildman–Crippen MR) is 62.0 cm³/mol. The highest BCUT2D eigenvalue weighted by Gasteiger charge is 2.24. The minimum atomic E-state index is -0.121. The van der Waals surface area contributed by atoms with Gasteiger partial charge >= 0.3 is 0 Å². The molecule has 0 bridgehead atoms. The minimum absolute atomic E-state index is 0.121. The van der Waals surface area contributed by atoms with Crippen molar-refractivity contribution in [3.05, 3.63) is 33.5 Å². The first kappa shape index (κ1) is 10.7. The number of fused-ring (bicyclic) bond motifs is 1. The zero-order valence-electron chi connectivity index (χ0n) is 8.19. The van der Waals surface area contributed by atoms with E-state index in [1.807, 2.05) is 6.07 Å². The van der Waals surface area contributed by atoms with E-state index in [4.69, 9.17) is 6.42 Å². The summed E-state index contributed by atoms with van der Waals surface area (Å²) in [6.45, 7) is 0.526. The zero-order valence-corrected chi connectivity index (χ0v) is 9.77. The highest BCUT2D eigenvalue weighted by molar-refractivity contribution is 9.10. The maximum absolute atomic E-state index is 13.5. The summed E-state index contributed by atoms with van der Waals surface area (Å²) in [6.07, 6.45) is 6.90. The van der Waals surface area contributed by atoms with Crippen LogP contribution in [0.4, 0.5) is 4.39 Å². The number of hydrogen-bond acceptors (Lipinski definition) is 1. The van der Waals surface area contributed by atoms with Gasteiger partial charge < -0.3 is 0 Å². The van der Waals surface area contributed by atoms with E-state index >= 15 is 0 Å². The van der Waals surface area contributed by atoms with Crippen LogP contribution in [0.25, 0.3) is 0 Å². The molecule has 1 aliphatic rings. The van der Waals surface area contributed by atoms with E-state index in [2.05, 4.69) is 27.2 Å². The van der Waals surface area contributed by atoms with Gasteiger partial charge in [-0.2, -0.15) is 0 Å². The van der Waals surface area contributed by atoms with Gasteiger partial charge in [-0.3, -0.25) is 5.32 Å². The zero-order chi connectivity index (χ0) is 10.8. The van der Waals surface area contributed by atoms with Crippen LogP contribution >= 0.6 is 15.9 Å². The Morgan fingerprint density at radius 2 is 2.40 bits per heavy atom. The van der Waals surface area contributed by atoms with E-state index in [-0.39, 0.29) is 11.9 Å². The van der Waals surface area contributed by atoms with Gasteiger partial charge in [-0.05, 0) is 36.1 Å². The molecule has 1 aliphatic carbocycles. The minimum Gasteiger partial charge on any atom is -0.299 e. The molecule has 2 rings (SSSR count). The predicted octanol–water partition coefficient (Wildman–Crippen LogP) is 2.80. The normalized spacial score (nSPS) is 18.6. The maximum atomic E-state index is 13.5. The highest BCUT2D eigenvalue weighted by Crippen LogP contribution is 2.34. The molecule has 0 saturated heterocycles. The van der Waals surface area contributed by atoms with Crippen molar-refractivity contribution in [3.8, 4) is 12.3 Å². The summed E-state index contributed by atoms with van der Waals surface area (Å²) in [6, 6.07) is 3.69. The molecule has 15 heavy (non-hydrogen) atoms. The Morgan fingerprint density at radius 1 is 1.60 bits per heavy atom. The third-order valence-corrected chi connectivity index (χ3v) is 3.16. The van der Waals surface area contributed by atoms with E-state index in [1.165, 1.54) is 6.07 Å². The Balaban J connectivity index is 2.30. The van der Waals surface area contributed by atoms with Gasteiger partial charge in [0.2, 0.25) is 0 Å². The van der Waals surface area contributed by atoms with Gasteiger partial charge in [0.15, 0.2) is 0 Å². The lowest BCUT2D eigenvalue weighted by Crippen LogP contribution is -2.19. The summed E-state index contributed by atoms with van der Waals surface area (Å²) in [5.41, 5.74) is 1.87. The number of benzene rings is 1. The molecule has 0 heterocycles. The molecule has 0 radical (unpaired) electrons. The molecule has 0 spiro atoms. The summed E-state index contributed by atoms with van der Waals surface area (Å²) in [5, 5.41) is 3.22. The van der Waals surface area contributed by atoms with Crippen LogP contribution in [0.2, 0.25) is 0 Å². The smallest absolute Gasteiger partial charge is 0.127 e. The summed E-state index contributed by atoms with van der Waals surface area (Å²) in [4.78, 5) is 0. The molecular weight excluding hydrogens is 257 g/mol. The fourth-order valence-electron chi connectivity index (χ4n) is 2.04. The van der Waals surface area contributed by atoms with Crippen LogP contribution in [-0.4, -0.2) is 6.54 Å². The Bertz CT molecular complexity index is 422. The first-order valence-electron chi connectivity index (χ1n) is 4.87. The molecule has 0 amide bonds. The van der Waals surface area contributed by atoms with Crippen molar-refractivity contribution in [2.24, 2.45) is 0 Å². The Morgan fingerprint density at radius 3 is 3.13 bits per heavy atom. The second-order valence-corrected chi connectivity index (χ2v) is 4.55. The SMILES string of the molecule is C#CCNC1CCc2c(F)cc(Br)cc21. The first-order chi connectivity index (χ1) is 7.22. The van der Waals surface area contributed by atoms with Gasteiger partial charge in [-0.15, -0.1) is 6.42 Å². The van der Waals surface area contributed by atoms with Gasteiger partial charge in [0.05, 0.1) is 6.54 Å². The third-order valence-electron chi connectivity index (χ3n) is 2.70. The standard InChI is InChI=1S/C12H11BrFN/c1-2-5-15-12-4-3-9-10(12)6-8(13)7-11(9)14/h1,6-7,12,15H,3-5H2. The van der Waals surface area contributed by atoms with Crippen molar-refractivity contribution in [1.29, 1.82) is 0 Å². The van der Waals surface area contributed by atoms with Crippen molar-refractivity contribution in [1.82, 2.24) is 5.32 Å². The van der Waals surface area contributed by atoms with Crippen molar-refractivity contribution < 1.29 is 4.39 Å². The Kier molecular flexibility index (Phi) is 3.08. The molecule has 0 fully saturated rings. The van der Waals surface area contributed by atoms with Crippen LogP contribution in [0.5, 0.6) is 0 Å². The third kappa shape index (κ3) is 2.06. The van der Waals surface area contributed by atoms with E-state index in [9.17, 15) is 4.39 Å². The fourth-order valence-corrected chi connectivity index (χ4v) is 2.48. The van der Waals surface area contributed by atoms with Gasteiger partial charge in [0.25, 0.3) is 0 Å². The van der Waals surface area contributed by atoms with E-state index < -0.39 is 0 Å². The monoisotopic (exact) mass is 267 g/mol. The van der Waals surface area contributed by atoms with Crippen LogP contribution in [-0.2, 0) is 6.42 Å². The van der Waals surface area contributed by atoms with Gasteiger partial charge in [0.1, 0.15) is 5.82 Å². The molecule has 0 saturated carbocycles. The average Bonchev–Trinajstić information content (AvgIpc) is 2.58.